The molecule has 2 aromatic rings. The number of hydrogen-bond donors (Lipinski definition) is 1. The molecular weight excluding hydrogens is 252 g/mol. The molecule has 2 rings (SSSR count). The Morgan fingerprint density at radius 3 is 2.80 bits per heavy atom. The minimum atomic E-state index is -0.0121. The second-order valence-corrected chi connectivity index (χ2v) is 5.25. The summed E-state index contributed by atoms with van der Waals surface area (Å²) in [5, 5.41) is 3.84. The predicted octanol–water partition coefficient (Wildman–Crippen LogP) is 1.90. The number of hydrogen-bond acceptors (Lipinski definition) is 4. The Morgan fingerprint density at radius 2 is 2.10 bits per heavy atom. The van der Waals surface area contributed by atoms with Gasteiger partial charge in [0.1, 0.15) is 12.1 Å². The van der Waals surface area contributed by atoms with Gasteiger partial charge in [-0.2, -0.15) is 0 Å². The van der Waals surface area contributed by atoms with Crippen molar-refractivity contribution in [1.29, 1.82) is 0 Å². The number of fused-ring (bicyclic) bond motifs is 1. The van der Waals surface area contributed by atoms with Crippen LogP contribution in [0.2, 0.25) is 0 Å². The van der Waals surface area contributed by atoms with Gasteiger partial charge in [0.15, 0.2) is 0 Å². The minimum absolute atomic E-state index is 0.0121. The topological polar surface area (TPSA) is 58.1 Å². The first-order chi connectivity index (χ1) is 9.49. The monoisotopic (exact) mass is 272 g/mol. The molecule has 1 aromatic carbocycles. The Bertz CT molecular complexity index is 624. The maximum absolute atomic E-state index is 11.8. The number of anilines is 1. The van der Waals surface area contributed by atoms with Gasteiger partial charge in [-0.1, -0.05) is 12.1 Å². The minimum Gasteiger partial charge on any atom is -0.352 e. The molecule has 5 heteroatoms. The largest absolute Gasteiger partial charge is 0.352 e. The maximum Gasteiger partial charge on any atom is 0.239 e. The van der Waals surface area contributed by atoms with Gasteiger partial charge >= 0.3 is 0 Å². The third kappa shape index (κ3) is 3.04. The normalized spacial score (nSPS) is 10.8. The van der Waals surface area contributed by atoms with Crippen LogP contribution in [-0.2, 0) is 4.79 Å². The molecule has 0 radical (unpaired) electrons. The third-order valence-corrected chi connectivity index (χ3v) is 3.04. The van der Waals surface area contributed by atoms with Crippen LogP contribution in [0.1, 0.15) is 19.4 Å². The number of aromatic nitrogens is 2. The van der Waals surface area contributed by atoms with Crippen molar-refractivity contribution in [2.24, 2.45) is 0 Å². The molecule has 1 aromatic heterocycles. The van der Waals surface area contributed by atoms with E-state index in [4.69, 9.17) is 0 Å². The van der Waals surface area contributed by atoms with E-state index in [1.165, 1.54) is 0 Å². The number of aryl methyl sites for hydroxylation is 1. The number of para-hydroxylation sites is 1. The smallest absolute Gasteiger partial charge is 0.239 e. The van der Waals surface area contributed by atoms with E-state index in [2.05, 4.69) is 15.3 Å². The summed E-state index contributed by atoms with van der Waals surface area (Å²) in [6.45, 7) is 6.19. The Labute approximate surface area is 119 Å². The Balaban J connectivity index is 2.29. The number of likely N-dealkylation sites (N-methyl/N-ethyl adjacent to an activating group) is 1. The molecule has 0 spiro atoms. The van der Waals surface area contributed by atoms with E-state index < -0.39 is 0 Å². The first-order valence-corrected chi connectivity index (χ1v) is 6.70. The van der Waals surface area contributed by atoms with Gasteiger partial charge < -0.3 is 10.2 Å². The molecule has 1 amide bonds. The number of nitrogens with one attached hydrogen (secondary N) is 1. The van der Waals surface area contributed by atoms with Gasteiger partial charge in [0, 0.05) is 18.5 Å². The van der Waals surface area contributed by atoms with Gasteiger partial charge in [-0.15, -0.1) is 0 Å². The van der Waals surface area contributed by atoms with Gasteiger partial charge in [-0.05, 0) is 32.4 Å². The number of carbonyl (C=O) groups excluding carboxylic acids is 1. The Morgan fingerprint density at radius 1 is 1.35 bits per heavy atom. The van der Waals surface area contributed by atoms with Crippen molar-refractivity contribution in [3.63, 3.8) is 0 Å². The quantitative estimate of drug-likeness (QED) is 0.923. The van der Waals surface area contributed by atoms with Crippen LogP contribution in [-0.4, -0.2) is 35.5 Å². The summed E-state index contributed by atoms with van der Waals surface area (Å²) in [4.78, 5) is 22.3. The fraction of sp³-hybridized carbons (Fsp3) is 0.400. The molecule has 1 heterocycles. The Kier molecular flexibility index (Phi) is 4.17. The molecule has 0 unspecified atom stereocenters. The second kappa shape index (κ2) is 5.86. The van der Waals surface area contributed by atoms with E-state index in [9.17, 15) is 4.79 Å². The average molecular weight is 272 g/mol. The summed E-state index contributed by atoms with van der Waals surface area (Å²) < 4.78 is 0. The van der Waals surface area contributed by atoms with Crippen molar-refractivity contribution in [3.8, 4) is 0 Å². The van der Waals surface area contributed by atoms with E-state index in [1.54, 1.807) is 6.33 Å². The summed E-state index contributed by atoms with van der Waals surface area (Å²) >= 11 is 0. The van der Waals surface area contributed by atoms with Crippen molar-refractivity contribution < 1.29 is 4.79 Å². The van der Waals surface area contributed by atoms with Crippen molar-refractivity contribution in [2.45, 2.75) is 26.8 Å². The van der Waals surface area contributed by atoms with E-state index in [-0.39, 0.29) is 18.5 Å². The molecule has 0 aliphatic heterocycles. The molecular formula is C15H20N4O. The number of rotatable bonds is 4. The lowest BCUT2D eigenvalue weighted by molar-refractivity contribution is -0.120. The summed E-state index contributed by atoms with van der Waals surface area (Å²) in [7, 11) is 1.87. The highest BCUT2D eigenvalue weighted by Crippen LogP contribution is 2.23. The zero-order valence-corrected chi connectivity index (χ0v) is 12.3. The molecule has 0 saturated heterocycles. The lowest BCUT2D eigenvalue weighted by Crippen LogP contribution is -2.38. The van der Waals surface area contributed by atoms with Gasteiger partial charge in [0.2, 0.25) is 5.91 Å². The molecule has 0 atom stereocenters. The number of amides is 1. The van der Waals surface area contributed by atoms with Crippen LogP contribution in [0.25, 0.3) is 10.9 Å². The highest BCUT2D eigenvalue weighted by Gasteiger charge is 2.13. The number of carbonyl (C=O) groups is 1. The molecule has 20 heavy (non-hydrogen) atoms. The molecule has 5 nitrogen and oxygen atoms in total. The summed E-state index contributed by atoms with van der Waals surface area (Å²) in [5.74, 6) is 0.763. The maximum atomic E-state index is 11.8. The fourth-order valence-corrected chi connectivity index (χ4v) is 2.18. The van der Waals surface area contributed by atoms with Gasteiger partial charge in [-0.25, -0.2) is 9.97 Å². The van der Waals surface area contributed by atoms with Crippen molar-refractivity contribution in [2.75, 3.05) is 18.5 Å². The fourth-order valence-electron chi connectivity index (χ4n) is 2.18. The van der Waals surface area contributed by atoms with E-state index >= 15 is 0 Å². The van der Waals surface area contributed by atoms with Crippen LogP contribution in [0.4, 0.5) is 5.82 Å². The SMILES string of the molecule is Cc1cccc2c(N(C)CC(=O)NC(C)C)ncnc12. The van der Waals surface area contributed by atoms with Crippen molar-refractivity contribution in [3.05, 3.63) is 30.1 Å². The molecule has 0 aliphatic carbocycles. The summed E-state index contributed by atoms with van der Waals surface area (Å²) in [5.41, 5.74) is 2.03. The summed E-state index contributed by atoms with van der Waals surface area (Å²) in [6.07, 6.45) is 1.54. The molecule has 0 fully saturated rings. The third-order valence-electron chi connectivity index (χ3n) is 3.04. The zero-order chi connectivity index (χ0) is 14.7. The number of benzene rings is 1. The van der Waals surface area contributed by atoms with E-state index in [1.807, 2.05) is 50.9 Å². The van der Waals surface area contributed by atoms with Crippen molar-refractivity contribution >= 4 is 22.6 Å². The van der Waals surface area contributed by atoms with Crippen LogP contribution < -0.4 is 10.2 Å². The van der Waals surface area contributed by atoms with Gasteiger partial charge in [-0.3, -0.25) is 4.79 Å². The van der Waals surface area contributed by atoms with Crippen molar-refractivity contribution in [1.82, 2.24) is 15.3 Å². The predicted molar refractivity (Wildman–Crippen MR) is 80.8 cm³/mol. The molecule has 0 bridgehead atoms. The van der Waals surface area contributed by atoms with Crippen LogP contribution in [0.15, 0.2) is 24.5 Å². The molecule has 0 saturated carbocycles. The molecule has 0 aliphatic rings. The van der Waals surface area contributed by atoms with E-state index in [0.29, 0.717) is 0 Å². The second-order valence-electron chi connectivity index (χ2n) is 5.25. The van der Waals surface area contributed by atoms with Gasteiger partial charge in [0.25, 0.3) is 0 Å². The summed E-state index contributed by atoms with van der Waals surface area (Å²) in [6, 6.07) is 6.12. The van der Waals surface area contributed by atoms with Crippen LogP contribution in [0.5, 0.6) is 0 Å². The standard InChI is InChI=1S/C15H20N4O/c1-10(2)18-13(20)8-19(4)15-12-7-5-6-11(3)14(12)16-9-17-15/h5-7,9-10H,8H2,1-4H3,(H,18,20). The highest BCUT2D eigenvalue weighted by molar-refractivity contribution is 5.92. The Hall–Kier alpha value is -2.17. The molecule has 1 N–H and O–H groups in total. The van der Waals surface area contributed by atoms with Crippen LogP contribution in [0, 0.1) is 6.92 Å². The molecule has 106 valence electrons. The first-order valence-electron chi connectivity index (χ1n) is 6.70. The van der Waals surface area contributed by atoms with Gasteiger partial charge in [0.05, 0.1) is 12.1 Å². The first kappa shape index (κ1) is 14.2. The average Bonchev–Trinajstić information content (AvgIpc) is 2.37. The number of nitrogens with zero attached hydrogens (tertiary/aromatic N) is 3. The highest BCUT2D eigenvalue weighted by atomic mass is 16.2. The van der Waals surface area contributed by atoms with E-state index in [0.717, 1.165) is 22.3 Å². The lowest BCUT2D eigenvalue weighted by Gasteiger charge is -2.20. The lowest BCUT2D eigenvalue weighted by atomic mass is 10.1. The van der Waals surface area contributed by atoms with Crippen LogP contribution >= 0.6 is 0 Å². The van der Waals surface area contributed by atoms with Crippen LogP contribution in [0.3, 0.4) is 0 Å². The zero-order valence-electron chi connectivity index (χ0n) is 12.3.